The Kier molecular flexibility index (Phi) is 7.14. The monoisotopic (exact) mass is 282 g/mol. The number of benzene rings is 1. The summed E-state index contributed by atoms with van der Waals surface area (Å²) in [6.07, 6.45) is -0.680. The van der Waals surface area contributed by atoms with Crippen LogP contribution in [-0.4, -0.2) is 36.3 Å². The van der Waals surface area contributed by atoms with E-state index in [1.54, 1.807) is 12.1 Å². The SMILES string of the molecule is CC(C)COCCNCC(O)c1ccc([N+](=O)[O-])cc1. The zero-order valence-corrected chi connectivity index (χ0v) is 11.9. The number of non-ortho nitro benzene ring substituents is 1. The van der Waals surface area contributed by atoms with Gasteiger partial charge in [0, 0.05) is 31.8 Å². The summed E-state index contributed by atoms with van der Waals surface area (Å²) in [4.78, 5) is 10.1. The van der Waals surface area contributed by atoms with E-state index in [-0.39, 0.29) is 5.69 Å². The molecule has 2 N–H and O–H groups in total. The predicted molar refractivity (Wildman–Crippen MR) is 76.6 cm³/mol. The number of nitro benzene ring substituents is 1. The molecule has 0 aliphatic heterocycles. The second-order valence-electron chi connectivity index (χ2n) is 5.04. The fourth-order valence-electron chi connectivity index (χ4n) is 1.64. The van der Waals surface area contributed by atoms with Crippen molar-refractivity contribution in [3.63, 3.8) is 0 Å². The lowest BCUT2D eigenvalue weighted by Crippen LogP contribution is -2.25. The molecule has 0 spiro atoms. The van der Waals surface area contributed by atoms with Crippen molar-refractivity contribution >= 4 is 5.69 Å². The largest absolute Gasteiger partial charge is 0.387 e. The third-order valence-electron chi connectivity index (χ3n) is 2.70. The topological polar surface area (TPSA) is 84.6 Å². The van der Waals surface area contributed by atoms with Crippen LogP contribution in [0.2, 0.25) is 0 Å². The van der Waals surface area contributed by atoms with Gasteiger partial charge in [0.15, 0.2) is 0 Å². The lowest BCUT2D eigenvalue weighted by atomic mass is 10.1. The Morgan fingerprint density at radius 1 is 1.35 bits per heavy atom. The van der Waals surface area contributed by atoms with Crippen LogP contribution in [0.3, 0.4) is 0 Å². The first-order valence-corrected chi connectivity index (χ1v) is 6.71. The van der Waals surface area contributed by atoms with Gasteiger partial charge < -0.3 is 15.2 Å². The lowest BCUT2D eigenvalue weighted by molar-refractivity contribution is -0.384. The van der Waals surface area contributed by atoms with Gasteiger partial charge in [-0.1, -0.05) is 13.8 Å². The number of hydrogen-bond acceptors (Lipinski definition) is 5. The van der Waals surface area contributed by atoms with Crippen molar-refractivity contribution in [1.29, 1.82) is 0 Å². The number of rotatable bonds is 9. The van der Waals surface area contributed by atoms with Gasteiger partial charge >= 0.3 is 0 Å². The average molecular weight is 282 g/mol. The number of nitro groups is 1. The Labute approximate surface area is 118 Å². The molecule has 1 aromatic carbocycles. The first-order valence-electron chi connectivity index (χ1n) is 6.71. The Hall–Kier alpha value is -1.50. The minimum Gasteiger partial charge on any atom is -0.387 e. The van der Waals surface area contributed by atoms with E-state index in [0.717, 1.165) is 6.61 Å². The normalized spacial score (nSPS) is 12.6. The quantitative estimate of drug-likeness (QED) is 0.410. The number of hydrogen-bond donors (Lipinski definition) is 2. The smallest absolute Gasteiger partial charge is 0.269 e. The molecule has 1 aromatic rings. The highest BCUT2D eigenvalue weighted by Crippen LogP contribution is 2.17. The summed E-state index contributed by atoms with van der Waals surface area (Å²) in [5.41, 5.74) is 0.683. The van der Waals surface area contributed by atoms with Crippen LogP contribution >= 0.6 is 0 Å². The Bertz CT molecular complexity index is 406. The van der Waals surface area contributed by atoms with E-state index >= 15 is 0 Å². The molecule has 112 valence electrons. The van der Waals surface area contributed by atoms with Gasteiger partial charge in [0.05, 0.1) is 17.6 Å². The van der Waals surface area contributed by atoms with Crippen LogP contribution in [0.15, 0.2) is 24.3 Å². The summed E-state index contributed by atoms with van der Waals surface area (Å²) in [6.45, 7) is 6.56. The lowest BCUT2D eigenvalue weighted by Gasteiger charge is -2.12. The van der Waals surface area contributed by atoms with Crippen LogP contribution in [0.25, 0.3) is 0 Å². The van der Waals surface area contributed by atoms with Crippen LogP contribution < -0.4 is 5.32 Å². The molecule has 0 aliphatic carbocycles. The number of aliphatic hydroxyl groups is 1. The first-order chi connectivity index (χ1) is 9.50. The van der Waals surface area contributed by atoms with Crippen molar-refractivity contribution in [2.75, 3.05) is 26.3 Å². The molecule has 0 radical (unpaired) electrons. The molecule has 0 fully saturated rings. The molecule has 0 aromatic heterocycles. The summed E-state index contributed by atoms with van der Waals surface area (Å²) in [6, 6.07) is 5.92. The van der Waals surface area contributed by atoms with E-state index in [9.17, 15) is 15.2 Å². The number of aliphatic hydroxyl groups excluding tert-OH is 1. The van der Waals surface area contributed by atoms with E-state index in [0.29, 0.717) is 31.2 Å². The maximum Gasteiger partial charge on any atom is 0.269 e. The maximum atomic E-state index is 10.5. The van der Waals surface area contributed by atoms with Crippen molar-refractivity contribution in [3.05, 3.63) is 39.9 Å². The van der Waals surface area contributed by atoms with E-state index in [4.69, 9.17) is 4.74 Å². The van der Waals surface area contributed by atoms with Gasteiger partial charge in [0.1, 0.15) is 0 Å². The van der Waals surface area contributed by atoms with Crippen LogP contribution in [-0.2, 0) is 4.74 Å². The van der Waals surface area contributed by atoms with E-state index in [1.165, 1.54) is 12.1 Å². The average Bonchev–Trinajstić information content (AvgIpc) is 2.42. The predicted octanol–water partition coefficient (Wildman–Crippen LogP) is 1.89. The summed E-state index contributed by atoms with van der Waals surface area (Å²) < 4.78 is 5.41. The first kappa shape index (κ1) is 16.6. The highest BCUT2D eigenvalue weighted by Gasteiger charge is 2.09. The highest BCUT2D eigenvalue weighted by molar-refractivity contribution is 5.33. The third-order valence-corrected chi connectivity index (χ3v) is 2.70. The molecule has 6 nitrogen and oxygen atoms in total. The van der Waals surface area contributed by atoms with Crippen molar-refractivity contribution < 1.29 is 14.8 Å². The van der Waals surface area contributed by atoms with E-state index < -0.39 is 11.0 Å². The fourth-order valence-corrected chi connectivity index (χ4v) is 1.64. The molecule has 1 rings (SSSR count). The van der Waals surface area contributed by atoms with E-state index in [1.807, 2.05) is 0 Å². The molecule has 0 heterocycles. The number of ether oxygens (including phenoxy) is 1. The molecule has 6 heteroatoms. The second-order valence-corrected chi connectivity index (χ2v) is 5.04. The van der Waals surface area contributed by atoms with Gasteiger partial charge in [0.25, 0.3) is 5.69 Å². The van der Waals surface area contributed by atoms with Crippen molar-refractivity contribution in [1.82, 2.24) is 5.32 Å². The summed E-state index contributed by atoms with van der Waals surface area (Å²) in [5.74, 6) is 0.515. The minimum absolute atomic E-state index is 0.0241. The third kappa shape index (κ3) is 6.10. The zero-order valence-electron chi connectivity index (χ0n) is 11.9. The number of nitrogens with one attached hydrogen (secondary N) is 1. The standard InChI is InChI=1S/C14H22N2O4/c1-11(2)10-20-8-7-15-9-14(17)12-3-5-13(6-4-12)16(18)19/h3-6,11,14-15,17H,7-10H2,1-2H3. The van der Waals surface area contributed by atoms with Crippen LogP contribution in [0.5, 0.6) is 0 Å². The second kappa shape index (κ2) is 8.63. The Balaban J connectivity index is 2.25. The van der Waals surface area contributed by atoms with Gasteiger partial charge in [-0.2, -0.15) is 0 Å². The molecule has 0 saturated heterocycles. The summed E-state index contributed by atoms with van der Waals surface area (Å²) in [5, 5.41) is 23.5. The van der Waals surface area contributed by atoms with Crippen LogP contribution in [0.4, 0.5) is 5.69 Å². The summed E-state index contributed by atoms with van der Waals surface area (Å²) >= 11 is 0. The molecule has 0 amide bonds. The van der Waals surface area contributed by atoms with Gasteiger partial charge in [-0.15, -0.1) is 0 Å². The molecule has 0 bridgehead atoms. The maximum absolute atomic E-state index is 10.5. The molecule has 0 aliphatic rings. The van der Waals surface area contributed by atoms with Gasteiger partial charge in [-0.05, 0) is 23.6 Å². The van der Waals surface area contributed by atoms with Crippen molar-refractivity contribution in [2.45, 2.75) is 20.0 Å². The van der Waals surface area contributed by atoms with Gasteiger partial charge in [0.2, 0.25) is 0 Å². The summed E-state index contributed by atoms with van der Waals surface area (Å²) in [7, 11) is 0. The van der Waals surface area contributed by atoms with Crippen molar-refractivity contribution in [2.24, 2.45) is 5.92 Å². The Morgan fingerprint density at radius 3 is 2.55 bits per heavy atom. The zero-order chi connectivity index (χ0) is 15.0. The fraction of sp³-hybridized carbons (Fsp3) is 0.571. The molecule has 0 saturated carbocycles. The highest BCUT2D eigenvalue weighted by atomic mass is 16.6. The van der Waals surface area contributed by atoms with Crippen LogP contribution in [0, 0.1) is 16.0 Å². The molecule has 1 atom stereocenters. The van der Waals surface area contributed by atoms with Gasteiger partial charge in [-0.25, -0.2) is 0 Å². The van der Waals surface area contributed by atoms with Crippen molar-refractivity contribution in [3.8, 4) is 0 Å². The molecular weight excluding hydrogens is 260 g/mol. The molecular formula is C14H22N2O4. The van der Waals surface area contributed by atoms with E-state index in [2.05, 4.69) is 19.2 Å². The van der Waals surface area contributed by atoms with Gasteiger partial charge in [-0.3, -0.25) is 10.1 Å². The molecule has 20 heavy (non-hydrogen) atoms. The Morgan fingerprint density at radius 2 is 2.00 bits per heavy atom. The molecule has 1 unspecified atom stereocenters. The minimum atomic E-state index is -0.680. The number of nitrogens with zero attached hydrogens (tertiary/aromatic N) is 1. The van der Waals surface area contributed by atoms with Crippen LogP contribution in [0.1, 0.15) is 25.5 Å².